The van der Waals surface area contributed by atoms with Gasteiger partial charge in [0.1, 0.15) is 0 Å². The predicted octanol–water partition coefficient (Wildman–Crippen LogP) is 0.643. The molecular weight excluding hydrogens is 254 g/mol. The number of hydrogen-bond donors (Lipinski definition) is 2. The molecule has 0 aliphatic heterocycles. The van der Waals surface area contributed by atoms with E-state index < -0.39 is 0 Å². The average molecular weight is 273 g/mol. The predicted molar refractivity (Wildman–Crippen MR) is 76.2 cm³/mol. The summed E-state index contributed by atoms with van der Waals surface area (Å²) in [4.78, 5) is 11.8. The van der Waals surface area contributed by atoms with Crippen molar-refractivity contribution in [2.45, 2.75) is 13.5 Å². The minimum absolute atomic E-state index is 0.0497. The van der Waals surface area contributed by atoms with Gasteiger partial charge in [-0.3, -0.25) is 9.48 Å². The molecule has 1 amide bonds. The molecule has 0 bridgehead atoms. The van der Waals surface area contributed by atoms with E-state index in [9.17, 15) is 4.79 Å². The van der Waals surface area contributed by atoms with Crippen molar-refractivity contribution in [2.24, 2.45) is 7.05 Å². The van der Waals surface area contributed by atoms with Crippen molar-refractivity contribution in [3.8, 4) is 0 Å². The lowest BCUT2D eigenvalue weighted by molar-refractivity contribution is 0.0954. The number of carbonyl (C=O) groups is 1. The molecule has 20 heavy (non-hydrogen) atoms. The summed E-state index contributed by atoms with van der Waals surface area (Å²) in [6.07, 6.45) is 1.86. The number of hydrogen-bond acceptors (Lipinski definition) is 4. The van der Waals surface area contributed by atoms with Gasteiger partial charge in [-0.15, -0.1) is 5.10 Å². The number of benzene rings is 1. The zero-order chi connectivity index (χ0) is 14.4. The summed E-state index contributed by atoms with van der Waals surface area (Å²) in [6, 6.07) is 7.53. The smallest absolute Gasteiger partial charge is 0.251 e. The Labute approximate surface area is 118 Å². The van der Waals surface area contributed by atoms with Crippen LogP contribution in [-0.2, 0) is 13.6 Å². The zero-order valence-electron chi connectivity index (χ0n) is 11.8. The van der Waals surface area contributed by atoms with E-state index in [1.54, 1.807) is 4.68 Å². The standard InChI is InChI=1S/C14H19N5O/c1-11-3-5-12(6-4-11)14(20)16-8-7-15-9-13-10-19(2)18-17-13/h3-6,10,15H,7-9H2,1-2H3,(H,16,20). The Morgan fingerprint density at radius 1 is 1.25 bits per heavy atom. The molecule has 106 valence electrons. The largest absolute Gasteiger partial charge is 0.351 e. The molecule has 0 atom stereocenters. The van der Waals surface area contributed by atoms with Crippen LogP contribution in [-0.4, -0.2) is 34.0 Å². The number of aryl methyl sites for hydroxylation is 2. The quantitative estimate of drug-likeness (QED) is 0.758. The summed E-state index contributed by atoms with van der Waals surface area (Å²) < 4.78 is 1.66. The first kappa shape index (κ1) is 14.2. The summed E-state index contributed by atoms with van der Waals surface area (Å²) in [5.74, 6) is -0.0497. The van der Waals surface area contributed by atoms with Crippen LogP contribution in [0, 0.1) is 6.92 Å². The van der Waals surface area contributed by atoms with E-state index in [0.29, 0.717) is 25.2 Å². The fourth-order valence-corrected chi connectivity index (χ4v) is 1.76. The first-order valence-corrected chi connectivity index (χ1v) is 6.56. The maximum atomic E-state index is 11.8. The van der Waals surface area contributed by atoms with Gasteiger partial charge in [0, 0.05) is 38.4 Å². The van der Waals surface area contributed by atoms with Crippen LogP contribution < -0.4 is 10.6 Å². The molecule has 0 saturated heterocycles. The van der Waals surface area contributed by atoms with Gasteiger partial charge in [0.25, 0.3) is 5.91 Å². The second-order valence-corrected chi connectivity index (χ2v) is 4.68. The third-order valence-electron chi connectivity index (χ3n) is 2.86. The third-order valence-corrected chi connectivity index (χ3v) is 2.86. The summed E-state index contributed by atoms with van der Waals surface area (Å²) in [7, 11) is 1.83. The Morgan fingerprint density at radius 3 is 2.65 bits per heavy atom. The van der Waals surface area contributed by atoms with Gasteiger partial charge < -0.3 is 10.6 Å². The molecule has 0 unspecified atom stereocenters. The van der Waals surface area contributed by atoms with E-state index in [-0.39, 0.29) is 5.91 Å². The summed E-state index contributed by atoms with van der Waals surface area (Å²) in [5.41, 5.74) is 2.72. The molecule has 1 aromatic heterocycles. The van der Waals surface area contributed by atoms with Crippen molar-refractivity contribution in [3.63, 3.8) is 0 Å². The molecule has 0 fully saturated rings. The molecule has 0 radical (unpaired) electrons. The van der Waals surface area contributed by atoms with Gasteiger partial charge in [-0.25, -0.2) is 0 Å². The van der Waals surface area contributed by atoms with E-state index in [4.69, 9.17) is 0 Å². The normalized spacial score (nSPS) is 10.5. The number of aromatic nitrogens is 3. The van der Waals surface area contributed by atoms with Gasteiger partial charge >= 0.3 is 0 Å². The highest BCUT2D eigenvalue weighted by molar-refractivity contribution is 5.94. The highest BCUT2D eigenvalue weighted by atomic mass is 16.1. The maximum Gasteiger partial charge on any atom is 0.251 e. The third kappa shape index (κ3) is 4.17. The van der Waals surface area contributed by atoms with Gasteiger partial charge in [0.05, 0.1) is 5.69 Å². The lowest BCUT2D eigenvalue weighted by Crippen LogP contribution is -2.31. The fourth-order valence-electron chi connectivity index (χ4n) is 1.76. The number of nitrogens with one attached hydrogen (secondary N) is 2. The van der Waals surface area contributed by atoms with Crippen molar-refractivity contribution in [3.05, 3.63) is 47.3 Å². The minimum Gasteiger partial charge on any atom is -0.351 e. The Morgan fingerprint density at radius 2 is 2.00 bits per heavy atom. The van der Waals surface area contributed by atoms with E-state index in [2.05, 4.69) is 20.9 Å². The second-order valence-electron chi connectivity index (χ2n) is 4.68. The Bertz CT molecular complexity index is 561. The summed E-state index contributed by atoms with van der Waals surface area (Å²) in [5, 5.41) is 13.9. The van der Waals surface area contributed by atoms with Crippen LogP contribution in [0.3, 0.4) is 0 Å². The first-order valence-electron chi connectivity index (χ1n) is 6.56. The number of nitrogens with zero attached hydrogens (tertiary/aromatic N) is 3. The molecule has 0 aliphatic rings. The Balaban J connectivity index is 1.65. The molecule has 0 saturated carbocycles. The molecule has 1 heterocycles. The van der Waals surface area contributed by atoms with Crippen molar-refractivity contribution >= 4 is 5.91 Å². The van der Waals surface area contributed by atoms with Gasteiger partial charge in [0.15, 0.2) is 0 Å². The first-order chi connectivity index (χ1) is 9.65. The molecule has 2 aromatic rings. The van der Waals surface area contributed by atoms with Crippen molar-refractivity contribution < 1.29 is 4.79 Å². The van der Waals surface area contributed by atoms with Crippen molar-refractivity contribution in [1.29, 1.82) is 0 Å². The molecule has 6 nitrogen and oxygen atoms in total. The van der Waals surface area contributed by atoms with E-state index in [0.717, 1.165) is 11.3 Å². The molecule has 0 aliphatic carbocycles. The summed E-state index contributed by atoms with van der Waals surface area (Å²) >= 11 is 0. The molecular formula is C14H19N5O. The number of rotatable bonds is 6. The second kappa shape index (κ2) is 6.81. The lowest BCUT2D eigenvalue weighted by Gasteiger charge is -2.06. The molecule has 0 spiro atoms. The van der Waals surface area contributed by atoms with Gasteiger partial charge in [-0.1, -0.05) is 22.9 Å². The number of carbonyl (C=O) groups excluding carboxylic acids is 1. The maximum absolute atomic E-state index is 11.8. The van der Waals surface area contributed by atoms with Crippen LogP contribution in [0.5, 0.6) is 0 Å². The van der Waals surface area contributed by atoms with E-state index in [1.807, 2.05) is 44.4 Å². The van der Waals surface area contributed by atoms with Crippen molar-refractivity contribution in [2.75, 3.05) is 13.1 Å². The van der Waals surface area contributed by atoms with Crippen LogP contribution in [0.25, 0.3) is 0 Å². The van der Waals surface area contributed by atoms with Gasteiger partial charge in [-0.05, 0) is 19.1 Å². The van der Waals surface area contributed by atoms with Crippen LogP contribution in [0.1, 0.15) is 21.6 Å². The number of amides is 1. The van der Waals surface area contributed by atoms with E-state index in [1.165, 1.54) is 0 Å². The Kier molecular flexibility index (Phi) is 4.84. The Hall–Kier alpha value is -2.21. The van der Waals surface area contributed by atoms with Crippen LogP contribution in [0.15, 0.2) is 30.5 Å². The highest BCUT2D eigenvalue weighted by Gasteiger charge is 2.03. The SMILES string of the molecule is Cc1ccc(C(=O)NCCNCc2cn(C)nn2)cc1. The lowest BCUT2D eigenvalue weighted by atomic mass is 10.1. The molecule has 2 rings (SSSR count). The van der Waals surface area contributed by atoms with Gasteiger partial charge in [0.2, 0.25) is 0 Å². The van der Waals surface area contributed by atoms with Gasteiger partial charge in [-0.2, -0.15) is 0 Å². The molecule has 6 heteroatoms. The topological polar surface area (TPSA) is 71.8 Å². The monoisotopic (exact) mass is 273 g/mol. The average Bonchev–Trinajstić information content (AvgIpc) is 2.84. The zero-order valence-corrected chi connectivity index (χ0v) is 11.8. The molecule has 1 aromatic carbocycles. The van der Waals surface area contributed by atoms with Crippen molar-refractivity contribution in [1.82, 2.24) is 25.6 Å². The minimum atomic E-state index is -0.0497. The van der Waals surface area contributed by atoms with Crippen LogP contribution in [0.2, 0.25) is 0 Å². The van der Waals surface area contributed by atoms with Crippen LogP contribution >= 0.6 is 0 Å². The summed E-state index contributed by atoms with van der Waals surface area (Å²) in [6.45, 7) is 3.91. The van der Waals surface area contributed by atoms with E-state index >= 15 is 0 Å². The van der Waals surface area contributed by atoms with Crippen LogP contribution in [0.4, 0.5) is 0 Å². The fraction of sp³-hybridized carbons (Fsp3) is 0.357. The molecule has 2 N–H and O–H groups in total. The highest BCUT2D eigenvalue weighted by Crippen LogP contribution is 2.02.